The fourth-order valence-electron chi connectivity index (χ4n) is 2.74. The van der Waals surface area contributed by atoms with Gasteiger partial charge in [-0.1, -0.05) is 35.7 Å². The Kier molecular flexibility index (Phi) is 6.07. The number of aliphatic carboxylic acids is 1. The van der Waals surface area contributed by atoms with Crippen molar-refractivity contribution in [2.45, 2.75) is 20.7 Å². The molecular formula is C20H15N3O4S3. The second-order valence-corrected chi connectivity index (χ2v) is 9.64. The van der Waals surface area contributed by atoms with Crippen molar-refractivity contribution >= 4 is 58.3 Å². The van der Waals surface area contributed by atoms with Crippen molar-refractivity contribution in [2.24, 2.45) is 0 Å². The predicted molar refractivity (Wildman–Crippen MR) is 117 cm³/mol. The number of anilines is 1. The Balaban J connectivity index is 1.43. The number of carboxylic acids is 1. The zero-order valence-electron chi connectivity index (χ0n) is 15.4. The van der Waals surface area contributed by atoms with Crippen LogP contribution in [0.4, 0.5) is 5.69 Å². The molecule has 0 atom stereocenters. The maximum absolute atomic E-state index is 12.6. The monoisotopic (exact) mass is 457 g/mol. The molecule has 4 rings (SSSR count). The lowest BCUT2D eigenvalue weighted by Crippen LogP contribution is -2.22. The number of hydrogen-bond acceptors (Lipinski definition) is 7. The molecule has 0 saturated heterocycles. The lowest BCUT2D eigenvalue weighted by Gasteiger charge is -2.09. The van der Waals surface area contributed by atoms with Gasteiger partial charge in [0.15, 0.2) is 4.34 Å². The lowest BCUT2D eigenvalue weighted by molar-refractivity contribution is -0.133. The molecule has 10 heteroatoms. The van der Waals surface area contributed by atoms with Gasteiger partial charge >= 0.3 is 5.97 Å². The van der Waals surface area contributed by atoms with Crippen LogP contribution in [0.15, 0.2) is 62.8 Å². The number of fused-ring (bicyclic) bond motifs is 2. The third-order valence-electron chi connectivity index (χ3n) is 4.12. The fourth-order valence-corrected chi connectivity index (χ4v) is 5.44. The number of thiazole rings is 1. The number of nitrogens with zero attached hydrogens (tertiary/aromatic N) is 1. The van der Waals surface area contributed by atoms with Crippen molar-refractivity contribution in [1.29, 1.82) is 0 Å². The van der Waals surface area contributed by atoms with Crippen LogP contribution in [-0.4, -0.2) is 33.6 Å². The molecule has 0 bridgehead atoms. The number of hydrogen-bond donors (Lipinski definition) is 3. The van der Waals surface area contributed by atoms with Crippen molar-refractivity contribution in [3.05, 3.63) is 64.7 Å². The van der Waals surface area contributed by atoms with E-state index in [1.165, 1.54) is 23.1 Å². The van der Waals surface area contributed by atoms with Gasteiger partial charge in [-0.2, -0.15) is 0 Å². The van der Waals surface area contributed by atoms with E-state index in [9.17, 15) is 14.4 Å². The van der Waals surface area contributed by atoms with Crippen molar-refractivity contribution in [3.63, 3.8) is 0 Å². The third kappa shape index (κ3) is 4.66. The first kappa shape index (κ1) is 20.5. The summed E-state index contributed by atoms with van der Waals surface area (Å²) < 4.78 is 0.644. The minimum Gasteiger partial charge on any atom is -0.481 e. The smallest absolute Gasteiger partial charge is 0.313 e. The van der Waals surface area contributed by atoms with Crippen LogP contribution in [0.2, 0.25) is 0 Å². The number of aromatic nitrogens is 1. The average molecular weight is 458 g/mol. The fraction of sp³-hybridized carbons (Fsp3) is 0.100. The Morgan fingerprint density at radius 1 is 1.17 bits per heavy atom. The molecule has 3 N–H and O–H groups in total. The van der Waals surface area contributed by atoms with Crippen molar-refractivity contribution < 1.29 is 19.5 Å². The summed E-state index contributed by atoms with van der Waals surface area (Å²) in [6, 6.07) is 12.6. The topological polar surface area (TPSA) is 108 Å². The van der Waals surface area contributed by atoms with E-state index in [2.05, 4.69) is 15.6 Å². The largest absolute Gasteiger partial charge is 0.481 e. The third-order valence-corrected chi connectivity index (χ3v) is 7.41. The normalized spacial score (nSPS) is 12.3. The number of carboxylic acid groups (broad SMARTS) is 1. The lowest BCUT2D eigenvalue weighted by atomic mass is 10.1. The predicted octanol–water partition coefficient (Wildman–Crippen LogP) is 3.97. The van der Waals surface area contributed by atoms with Crippen LogP contribution >= 0.6 is 34.9 Å². The van der Waals surface area contributed by atoms with Crippen LogP contribution in [0.25, 0.3) is 0 Å². The Hall–Kier alpha value is -2.82. The minimum atomic E-state index is -0.901. The molecule has 0 saturated carbocycles. The Morgan fingerprint density at radius 2 is 2.00 bits per heavy atom. The molecule has 0 aliphatic carbocycles. The van der Waals surface area contributed by atoms with Gasteiger partial charge in [-0.3, -0.25) is 14.4 Å². The molecule has 2 amide bonds. The molecule has 1 aromatic heterocycles. The van der Waals surface area contributed by atoms with Gasteiger partial charge in [0.1, 0.15) is 0 Å². The van der Waals surface area contributed by atoms with Crippen molar-refractivity contribution in [2.75, 3.05) is 11.1 Å². The molecular weight excluding hydrogens is 442 g/mol. The summed E-state index contributed by atoms with van der Waals surface area (Å²) in [5.74, 6) is -1.43. The highest BCUT2D eigenvalue weighted by Gasteiger charge is 2.20. The first-order valence-electron chi connectivity index (χ1n) is 8.79. The zero-order valence-corrected chi connectivity index (χ0v) is 17.8. The summed E-state index contributed by atoms with van der Waals surface area (Å²) in [7, 11) is 0. The highest BCUT2D eigenvalue weighted by atomic mass is 32.2. The molecule has 2 heterocycles. The number of amides is 2. The van der Waals surface area contributed by atoms with Crippen LogP contribution < -0.4 is 10.6 Å². The van der Waals surface area contributed by atoms with E-state index in [0.29, 0.717) is 21.2 Å². The Morgan fingerprint density at radius 3 is 2.83 bits per heavy atom. The second-order valence-electron chi connectivity index (χ2n) is 6.22. The standard InChI is InChI=1S/C20H15N3O4S3/c24-17(25)10-28-20-22-9-12(29-20)8-21-18(26)11-5-6-16-14(7-11)23-19(27)13-3-1-2-4-15(13)30-16/h1-7,9H,8,10H2,(H,21,26)(H,23,27)(H,24,25). The van der Waals surface area contributed by atoms with Gasteiger partial charge in [0, 0.05) is 26.4 Å². The van der Waals surface area contributed by atoms with Gasteiger partial charge < -0.3 is 15.7 Å². The molecule has 7 nitrogen and oxygen atoms in total. The molecule has 0 radical (unpaired) electrons. The van der Waals surface area contributed by atoms with Crippen molar-refractivity contribution in [1.82, 2.24) is 10.3 Å². The number of carbonyl (C=O) groups is 3. The highest BCUT2D eigenvalue weighted by molar-refractivity contribution is 8.01. The summed E-state index contributed by atoms with van der Waals surface area (Å²) in [5, 5.41) is 14.4. The first-order chi connectivity index (χ1) is 14.5. The number of thioether (sulfide) groups is 1. The van der Waals surface area contributed by atoms with E-state index in [1.807, 2.05) is 24.3 Å². The highest BCUT2D eigenvalue weighted by Crippen LogP contribution is 2.39. The first-order valence-corrected chi connectivity index (χ1v) is 11.4. The quantitative estimate of drug-likeness (QED) is 0.481. The van der Waals surface area contributed by atoms with Crippen LogP contribution in [-0.2, 0) is 11.3 Å². The minimum absolute atomic E-state index is 0.0535. The second kappa shape index (κ2) is 8.90. The van der Waals surface area contributed by atoms with E-state index in [4.69, 9.17) is 5.11 Å². The number of carbonyl (C=O) groups excluding carboxylic acids is 2. The van der Waals surface area contributed by atoms with E-state index >= 15 is 0 Å². The zero-order chi connectivity index (χ0) is 21.1. The van der Waals surface area contributed by atoms with Gasteiger partial charge in [0.2, 0.25) is 0 Å². The Bertz CT molecular complexity index is 1150. The molecule has 30 heavy (non-hydrogen) atoms. The summed E-state index contributed by atoms with van der Waals surface area (Å²) in [6.07, 6.45) is 1.63. The number of rotatable bonds is 6. The molecule has 1 aliphatic rings. The molecule has 3 aromatic rings. The van der Waals surface area contributed by atoms with Crippen LogP contribution in [0.1, 0.15) is 25.6 Å². The molecule has 1 aliphatic heterocycles. The maximum atomic E-state index is 12.6. The van der Waals surface area contributed by atoms with Crippen LogP contribution in [0.5, 0.6) is 0 Å². The average Bonchev–Trinajstić information content (AvgIpc) is 3.14. The van der Waals surface area contributed by atoms with Gasteiger partial charge in [0.05, 0.1) is 23.5 Å². The van der Waals surface area contributed by atoms with Gasteiger partial charge in [0.25, 0.3) is 11.8 Å². The van der Waals surface area contributed by atoms with Gasteiger partial charge in [-0.25, -0.2) is 4.98 Å². The number of benzene rings is 2. The van der Waals surface area contributed by atoms with E-state index < -0.39 is 5.97 Å². The van der Waals surface area contributed by atoms with E-state index in [1.54, 1.807) is 24.4 Å². The summed E-state index contributed by atoms with van der Waals surface area (Å²) in [6.45, 7) is 0.285. The van der Waals surface area contributed by atoms with E-state index in [0.717, 1.165) is 26.4 Å². The molecule has 0 unspecified atom stereocenters. The number of nitrogens with one attached hydrogen (secondary N) is 2. The summed E-state index contributed by atoms with van der Waals surface area (Å²) in [4.78, 5) is 42.4. The molecule has 0 fully saturated rings. The molecule has 0 spiro atoms. The van der Waals surface area contributed by atoms with E-state index in [-0.39, 0.29) is 24.1 Å². The summed E-state index contributed by atoms with van der Waals surface area (Å²) in [5.41, 5.74) is 1.64. The summed E-state index contributed by atoms with van der Waals surface area (Å²) >= 11 is 3.97. The van der Waals surface area contributed by atoms with Crippen molar-refractivity contribution in [3.8, 4) is 0 Å². The van der Waals surface area contributed by atoms with Gasteiger partial charge in [-0.15, -0.1) is 11.3 Å². The van der Waals surface area contributed by atoms with Gasteiger partial charge in [-0.05, 0) is 30.3 Å². The molecule has 152 valence electrons. The SMILES string of the molecule is O=C(O)CSc1ncc(CNC(=O)c2ccc3c(c2)NC(=O)c2ccccc2S3)s1. The Labute approximate surface area is 184 Å². The maximum Gasteiger partial charge on any atom is 0.313 e. The van der Waals surface area contributed by atoms with Crippen LogP contribution in [0.3, 0.4) is 0 Å². The van der Waals surface area contributed by atoms with Crippen LogP contribution in [0, 0.1) is 0 Å². The molecule has 2 aromatic carbocycles.